The second kappa shape index (κ2) is 6.96. The van der Waals surface area contributed by atoms with Gasteiger partial charge in [-0.1, -0.05) is 79.9 Å². The largest absolute Gasteiger partial charge is 0.435 e. The molecule has 0 unspecified atom stereocenters. The van der Waals surface area contributed by atoms with E-state index in [2.05, 4.69) is 13.2 Å². The number of aromatic nitrogens is 2. The quantitative estimate of drug-likeness (QED) is 0.422. The lowest BCUT2D eigenvalue weighted by atomic mass is 10.1. The summed E-state index contributed by atoms with van der Waals surface area (Å²) < 4.78 is 8.30. The van der Waals surface area contributed by atoms with Gasteiger partial charge in [-0.15, -0.1) is 0 Å². The van der Waals surface area contributed by atoms with Crippen molar-refractivity contribution in [3.63, 3.8) is 0 Å². The van der Waals surface area contributed by atoms with Crippen molar-refractivity contribution < 1.29 is 4.42 Å². The Hall–Kier alpha value is -3.59. The minimum Gasteiger partial charge on any atom is -0.435 e. The third kappa shape index (κ3) is 2.93. The molecule has 0 aliphatic rings. The maximum atomic E-state index is 6.29. The van der Waals surface area contributed by atoms with Crippen LogP contribution in [0.1, 0.15) is 11.3 Å². The Morgan fingerprint density at radius 3 is 2.11 bits per heavy atom. The van der Waals surface area contributed by atoms with Crippen LogP contribution < -0.4 is 0 Å². The monoisotopic (exact) mass is 352 g/mol. The fourth-order valence-electron chi connectivity index (χ4n) is 3.31. The van der Waals surface area contributed by atoms with Gasteiger partial charge in [0.15, 0.2) is 5.76 Å². The Labute approximate surface area is 158 Å². The molecular weight excluding hydrogens is 332 g/mol. The molecule has 3 nitrogen and oxygen atoms in total. The average Bonchev–Trinajstić information content (AvgIpc) is 3.30. The lowest BCUT2D eigenvalue weighted by molar-refractivity contribution is 0.589. The topological polar surface area (TPSA) is 31.0 Å². The van der Waals surface area contributed by atoms with Crippen molar-refractivity contribution in [2.75, 3.05) is 0 Å². The second-order valence-electron chi connectivity index (χ2n) is 6.29. The van der Waals surface area contributed by atoms with Crippen LogP contribution in [0.25, 0.3) is 46.2 Å². The van der Waals surface area contributed by atoms with Crippen LogP contribution in [0.3, 0.4) is 0 Å². The molecule has 0 radical (unpaired) electrons. The summed E-state index contributed by atoms with van der Waals surface area (Å²) in [6, 6.07) is 20.2. The number of hydrogen-bond donors (Lipinski definition) is 0. The number of benzene rings is 2. The van der Waals surface area contributed by atoms with Gasteiger partial charge in [0.1, 0.15) is 5.69 Å². The summed E-state index contributed by atoms with van der Waals surface area (Å²) in [6.07, 6.45) is 5.64. The summed E-state index contributed by atoms with van der Waals surface area (Å²) in [4.78, 5) is 4.86. The van der Waals surface area contributed by atoms with Crippen LogP contribution in [0.2, 0.25) is 0 Å². The third-order valence-electron chi connectivity index (χ3n) is 4.61. The molecule has 3 heteroatoms. The predicted molar refractivity (Wildman–Crippen MR) is 112 cm³/mol. The van der Waals surface area contributed by atoms with Gasteiger partial charge >= 0.3 is 0 Å². The van der Waals surface area contributed by atoms with Gasteiger partial charge in [-0.3, -0.25) is 0 Å². The number of rotatable bonds is 5. The molecule has 0 amide bonds. The Morgan fingerprint density at radius 1 is 0.889 bits per heavy atom. The van der Waals surface area contributed by atoms with Gasteiger partial charge in [-0.25, -0.2) is 4.98 Å². The van der Waals surface area contributed by atoms with E-state index in [4.69, 9.17) is 9.40 Å². The normalized spacial score (nSPS) is 10.7. The van der Waals surface area contributed by atoms with Gasteiger partial charge in [0.2, 0.25) is 5.89 Å². The van der Waals surface area contributed by atoms with Crippen LogP contribution in [0, 0.1) is 0 Å². The van der Waals surface area contributed by atoms with Crippen molar-refractivity contribution in [3.8, 4) is 34.0 Å². The average molecular weight is 352 g/mol. The molecule has 2 aromatic heterocycles. The van der Waals surface area contributed by atoms with E-state index in [1.807, 2.05) is 90.6 Å². The van der Waals surface area contributed by atoms with Crippen LogP contribution >= 0.6 is 0 Å². The van der Waals surface area contributed by atoms with Crippen molar-refractivity contribution in [1.29, 1.82) is 0 Å². The van der Waals surface area contributed by atoms with Crippen molar-refractivity contribution in [1.82, 2.24) is 9.55 Å². The van der Waals surface area contributed by atoms with Crippen LogP contribution in [0.5, 0.6) is 0 Å². The second-order valence-corrected chi connectivity index (χ2v) is 6.29. The minimum atomic E-state index is 0.575. The van der Waals surface area contributed by atoms with Gasteiger partial charge in [-0.2, -0.15) is 0 Å². The first-order valence-corrected chi connectivity index (χ1v) is 8.79. The van der Waals surface area contributed by atoms with Crippen molar-refractivity contribution in [2.24, 2.45) is 7.05 Å². The van der Waals surface area contributed by atoms with Crippen molar-refractivity contribution >= 4 is 12.2 Å². The Morgan fingerprint density at radius 2 is 1.52 bits per heavy atom. The summed E-state index contributed by atoms with van der Waals surface area (Å²) in [5.41, 5.74) is 5.70. The molecular formula is C24H20N2O. The smallest absolute Gasteiger partial charge is 0.229 e. The van der Waals surface area contributed by atoms with Crippen LogP contribution in [-0.4, -0.2) is 9.55 Å². The first kappa shape index (κ1) is 16.9. The highest BCUT2D eigenvalue weighted by Crippen LogP contribution is 2.38. The standard InChI is InChI=1S/C24H20N2O/c1-4-19-20(16-26(3)21(19)5-2)24-25-22(17-12-8-6-9-13-17)23(27-24)18-14-10-7-11-15-18/h4-16H,1-2H2,3H3. The molecule has 0 saturated heterocycles. The fourth-order valence-corrected chi connectivity index (χ4v) is 3.31. The van der Waals surface area contributed by atoms with E-state index in [0.29, 0.717) is 5.89 Å². The zero-order valence-electron chi connectivity index (χ0n) is 15.2. The van der Waals surface area contributed by atoms with Crippen molar-refractivity contribution in [2.45, 2.75) is 0 Å². The van der Waals surface area contributed by atoms with Gasteiger partial charge in [-0.05, 0) is 6.08 Å². The van der Waals surface area contributed by atoms with Crippen molar-refractivity contribution in [3.05, 3.63) is 91.3 Å². The molecule has 0 aliphatic heterocycles. The Kier molecular flexibility index (Phi) is 4.35. The lowest BCUT2D eigenvalue weighted by Crippen LogP contribution is -1.87. The van der Waals surface area contributed by atoms with E-state index in [-0.39, 0.29) is 0 Å². The molecule has 0 saturated carbocycles. The van der Waals surface area contributed by atoms with E-state index in [9.17, 15) is 0 Å². The Balaban J connectivity index is 1.96. The molecule has 132 valence electrons. The predicted octanol–water partition coefficient (Wildman–Crippen LogP) is 6.30. The first-order chi connectivity index (χ1) is 13.2. The van der Waals surface area contributed by atoms with E-state index in [1.54, 1.807) is 0 Å². The molecule has 0 bridgehead atoms. The molecule has 0 aliphatic carbocycles. The van der Waals surface area contributed by atoms with Gasteiger partial charge in [0, 0.05) is 35.6 Å². The first-order valence-electron chi connectivity index (χ1n) is 8.79. The van der Waals surface area contributed by atoms with Crippen LogP contribution in [0.4, 0.5) is 0 Å². The number of oxazole rings is 1. The van der Waals surface area contributed by atoms with E-state index < -0.39 is 0 Å². The van der Waals surface area contributed by atoms with Crippen LogP contribution in [0.15, 0.2) is 84.4 Å². The van der Waals surface area contributed by atoms with Gasteiger partial charge in [0.25, 0.3) is 0 Å². The Bertz CT molecular complexity index is 1050. The molecule has 0 N–H and O–H groups in total. The molecule has 27 heavy (non-hydrogen) atoms. The summed E-state index contributed by atoms with van der Waals surface area (Å²) in [5.74, 6) is 1.34. The fraction of sp³-hybridized carbons (Fsp3) is 0.0417. The van der Waals surface area contributed by atoms with E-state index >= 15 is 0 Å². The number of nitrogens with zero attached hydrogens (tertiary/aromatic N) is 2. The summed E-state index contributed by atoms with van der Waals surface area (Å²) >= 11 is 0. The SMILES string of the molecule is C=Cc1c(-c2nc(-c3ccccc3)c(-c3ccccc3)o2)cn(C)c1C=C. The number of hydrogen-bond acceptors (Lipinski definition) is 2. The number of aryl methyl sites for hydroxylation is 1. The molecule has 0 fully saturated rings. The van der Waals surface area contributed by atoms with Gasteiger partial charge in [0.05, 0.1) is 5.56 Å². The van der Waals surface area contributed by atoms with E-state index in [0.717, 1.165) is 39.4 Å². The van der Waals surface area contributed by atoms with E-state index in [1.165, 1.54) is 0 Å². The highest BCUT2D eigenvalue weighted by atomic mass is 16.4. The maximum absolute atomic E-state index is 6.29. The summed E-state index contributed by atoms with van der Waals surface area (Å²) in [5, 5.41) is 0. The maximum Gasteiger partial charge on any atom is 0.229 e. The van der Waals surface area contributed by atoms with Gasteiger partial charge < -0.3 is 8.98 Å². The summed E-state index contributed by atoms with van der Waals surface area (Å²) in [6.45, 7) is 7.86. The molecule has 2 aromatic carbocycles. The lowest BCUT2D eigenvalue weighted by Gasteiger charge is -2.00. The third-order valence-corrected chi connectivity index (χ3v) is 4.61. The molecule has 0 spiro atoms. The highest BCUT2D eigenvalue weighted by molar-refractivity contribution is 5.82. The van der Waals surface area contributed by atoms with Crippen LogP contribution in [-0.2, 0) is 7.05 Å². The molecule has 4 aromatic rings. The molecule has 2 heterocycles. The summed E-state index contributed by atoms with van der Waals surface area (Å²) in [7, 11) is 1.98. The molecule has 0 atom stereocenters. The molecule has 4 rings (SSSR count). The zero-order valence-corrected chi connectivity index (χ0v) is 15.2. The zero-order chi connectivity index (χ0) is 18.8. The highest BCUT2D eigenvalue weighted by Gasteiger charge is 2.21. The minimum absolute atomic E-state index is 0.575.